The van der Waals surface area contributed by atoms with Gasteiger partial charge in [0.1, 0.15) is 11.6 Å². The highest BCUT2D eigenvalue weighted by Gasteiger charge is 2.39. The monoisotopic (exact) mass is 508 g/mol. The van der Waals surface area contributed by atoms with Crippen molar-refractivity contribution in [3.05, 3.63) is 40.7 Å². The maximum Gasteiger partial charge on any atom is 0.214 e. The van der Waals surface area contributed by atoms with Crippen molar-refractivity contribution in [1.82, 2.24) is 18.9 Å². The van der Waals surface area contributed by atoms with Crippen LogP contribution in [0.5, 0.6) is 5.75 Å². The van der Waals surface area contributed by atoms with Crippen molar-refractivity contribution in [2.75, 3.05) is 51.5 Å². The van der Waals surface area contributed by atoms with Gasteiger partial charge in [0.25, 0.3) is 0 Å². The molecule has 1 aliphatic rings. The number of rotatable bonds is 8. The molecule has 0 unspecified atom stereocenters. The Labute approximate surface area is 200 Å². The molecule has 1 saturated heterocycles. The van der Waals surface area contributed by atoms with Gasteiger partial charge in [0.15, 0.2) is 0 Å². The molecule has 0 N–H and O–H groups in total. The molecule has 4 rings (SSSR count). The van der Waals surface area contributed by atoms with Gasteiger partial charge in [-0.15, -0.1) is 5.10 Å². The third kappa shape index (κ3) is 4.67. The largest absolute Gasteiger partial charge is 0.496 e. The van der Waals surface area contributed by atoms with Crippen LogP contribution in [0.3, 0.4) is 0 Å². The minimum atomic E-state index is -3.46. The Hall–Kier alpha value is -2.93. The lowest BCUT2D eigenvalue weighted by molar-refractivity contribution is 0.258. The molecule has 2 aromatic heterocycles. The van der Waals surface area contributed by atoms with Crippen LogP contribution < -0.4 is 9.64 Å². The van der Waals surface area contributed by atoms with E-state index in [1.165, 1.54) is 49.0 Å². The lowest BCUT2D eigenvalue weighted by atomic mass is 9.80. The van der Waals surface area contributed by atoms with Crippen LogP contribution in [0.25, 0.3) is 26.7 Å². The van der Waals surface area contributed by atoms with Gasteiger partial charge < -0.3 is 9.64 Å². The molecule has 0 radical (unpaired) electrons. The third-order valence-corrected chi connectivity index (χ3v) is 9.20. The van der Waals surface area contributed by atoms with Crippen LogP contribution in [-0.4, -0.2) is 73.9 Å². The molecule has 0 bridgehead atoms. The van der Waals surface area contributed by atoms with E-state index < -0.39 is 21.3 Å². The highest BCUT2D eigenvalue weighted by molar-refractivity contribution is 7.89. The lowest BCUT2D eigenvalue weighted by Crippen LogP contribution is -2.47. The van der Waals surface area contributed by atoms with E-state index in [-0.39, 0.29) is 12.3 Å². The number of hydrogen-bond donors (Lipinski definition) is 0. The maximum absolute atomic E-state index is 13.6. The first kappa shape index (κ1) is 24.2. The van der Waals surface area contributed by atoms with Gasteiger partial charge in [-0.25, -0.2) is 26.6 Å². The summed E-state index contributed by atoms with van der Waals surface area (Å²) in [7, 11) is 1.03. The zero-order chi connectivity index (χ0) is 24.5. The number of sulfonamides is 1. The second-order valence-corrected chi connectivity index (χ2v) is 11.6. The lowest BCUT2D eigenvalue weighted by Gasteiger charge is -2.41. The van der Waals surface area contributed by atoms with Gasteiger partial charge in [-0.05, 0) is 35.9 Å². The molecule has 0 saturated carbocycles. The van der Waals surface area contributed by atoms with Gasteiger partial charge in [-0.1, -0.05) is 16.5 Å². The zero-order valence-electron chi connectivity index (χ0n) is 19.0. The summed E-state index contributed by atoms with van der Waals surface area (Å²) in [5.74, 6) is -0.0800. The zero-order valence-corrected chi connectivity index (χ0v) is 20.7. The molecule has 0 aliphatic carbocycles. The summed E-state index contributed by atoms with van der Waals surface area (Å²) in [6.45, 7) is 1.26. The summed E-state index contributed by atoms with van der Waals surface area (Å²) in [5.41, 5.74) is 9.55. The van der Waals surface area contributed by atoms with Crippen LogP contribution in [0.15, 0.2) is 29.5 Å². The van der Waals surface area contributed by atoms with Crippen LogP contribution in [0.4, 0.5) is 9.52 Å². The number of halogens is 1. The number of fused-ring (bicyclic) bond motifs is 1. The van der Waals surface area contributed by atoms with E-state index in [1.54, 1.807) is 16.8 Å². The van der Waals surface area contributed by atoms with E-state index in [4.69, 9.17) is 15.4 Å². The Kier molecular flexibility index (Phi) is 6.67. The molecular weight excluding hydrogens is 483 g/mol. The number of benzene rings is 1. The fourth-order valence-electron chi connectivity index (χ4n) is 4.09. The van der Waals surface area contributed by atoms with E-state index in [0.29, 0.717) is 47.9 Å². The molecule has 11 nitrogen and oxygen atoms in total. The van der Waals surface area contributed by atoms with Crippen molar-refractivity contribution in [2.45, 2.75) is 12.8 Å². The van der Waals surface area contributed by atoms with Crippen LogP contribution in [0.1, 0.15) is 12.8 Å². The van der Waals surface area contributed by atoms with Gasteiger partial charge >= 0.3 is 0 Å². The second kappa shape index (κ2) is 9.37. The van der Waals surface area contributed by atoms with Gasteiger partial charge in [0, 0.05) is 50.3 Å². The number of methoxy groups -OCH3 is 1. The highest BCUT2D eigenvalue weighted by Crippen LogP contribution is 2.38. The maximum atomic E-state index is 13.6. The van der Waals surface area contributed by atoms with Crippen LogP contribution in [-0.2, 0) is 10.0 Å². The molecule has 0 amide bonds. The fraction of sp³-hybridized carbons (Fsp3) is 0.500. The van der Waals surface area contributed by atoms with E-state index in [9.17, 15) is 12.8 Å². The highest BCUT2D eigenvalue weighted by atomic mass is 32.2. The van der Waals surface area contributed by atoms with Crippen LogP contribution in [0, 0.1) is 11.2 Å². The first-order valence-corrected chi connectivity index (χ1v) is 13.0. The molecule has 3 heterocycles. The van der Waals surface area contributed by atoms with Gasteiger partial charge in [-0.3, -0.25) is 0 Å². The first-order chi connectivity index (χ1) is 16.2. The molecule has 1 fully saturated rings. The Morgan fingerprint density at radius 2 is 2.09 bits per heavy atom. The standard InChI is InChI=1S/C20H25FN8O3S2/c1-27(2)34(30,31)13-20(12-24-26-22)6-8-28(9-7-20)19-25-29-16(11-23-18(29)33-19)15-5-4-14(21)10-17(15)32-3/h4-5,10-11H,6-9,12-13H2,1-3H3. The molecule has 34 heavy (non-hydrogen) atoms. The SMILES string of the molecule is COc1cc(F)ccc1-c1cnc2sc(N3CCC(CN=[N+]=[N-])(CS(=O)(=O)N(C)C)CC3)nn12. The predicted molar refractivity (Wildman–Crippen MR) is 128 cm³/mol. The summed E-state index contributed by atoms with van der Waals surface area (Å²) >= 11 is 1.42. The summed E-state index contributed by atoms with van der Waals surface area (Å²) in [6, 6.07) is 4.31. The number of anilines is 1. The summed E-state index contributed by atoms with van der Waals surface area (Å²) in [6.07, 6.45) is 2.75. The van der Waals surface area contributed by atoms with Crippen LogP contribution in [0.2, 0.25) is 0 Å². The van der Waals surface area contributed by atoms with Crippen molar-refractivity contribution in [1.29, 1.82) is 0 Å². The number of aromatic nitrogens is 3. The minimum absolute atomic E-state index is 0.0738. The van der Waals surface area contributed by atoms with E-state index in [2.05, 4.69) is 19.9 Å². The van der Waals surface area contributed by atoms with Crippen molar-refractivity contribution < 1.29 is 17.5 Å². The summed E-state index contributed by atoms with van der Waals surface area (Å²) < 4.78 is 47.0. The smallest absolute Gasteiger partial charge is 0.214 e. The van der Waals surface area contributed by atoms with E-state index >= 15 is 0 Å². The van der Waals surface area contributed by atoms with Gasteiger partial charge in [0.2, 0.25) is 20.1 Å². The number of ether oxygens (including phenoxy) is 1. The van der Waals surface area contributed by atoms with Crippen molar-refractivity contribution in [3.8, 4) is 17.0 Å². The quantitative estimate of drug-likeness (QED) is 0.261. The predicted octanol–water partition coefficient (Wildman–Crippen LogP) is 3.39. The average Bonchev–Trinajstić information content (AvgIpc) is 3.39. The number of piperidine rings is 1. The third-order valence-electron chi connectivity index (χ3n) is 6.12. The Bertz CT molecular complexity index is 1340. The Balaban J connectivity index is 1.58. The first-order valence-electron chi connectivity index (χ1n) is 10.5. The van der Waals surface area contributed by atoms with E-state index in [0.717, 1.165) is 5.13 Å². The molecule has 0 spiro atoms. The Morgan fingerprint density at radius 1 is 1.35 bits per heavy atom. The van der Waals surface area contributed by atoms with Crippen LogP contribution >= 0.6 is 11.3 Å². The van der Waals surface area contributed by atoms with Crippen molar-refractivity contribution in [3.63, 3.8) is 0 Å². The molecule has 1 aromatic carbocycles. The Morgan fingerprint density at radius 3 is 2.74 bits per heavy atom. The number of nitrogens with zero attached hydrogens (tertiary/aromatic N) is 8. The summed E-state index contributed by atoms with van der Waals surface area (Å²) in [5, 5.41) is 9.19. The second-order valence-electron chi connectivity index (χ2n) is 8.48. The summed E-state index contributed by atoms with van der Waals surface area (Å²) in [4.78, 5) is 10.1. The van der Waals surface area contributed by atoms with Crippen molar-refractivity contribution in [2.24, 2.45) is 10.5 Å². The van der Waals surface area contributed by atoms with E-state index in [1.807, 2.05) is 0 Å². The molecule has 14 heteroatoms. The molecule has 3 aromatic rings. The van der Waals surface area contributed by atoms with Crippen molar-refractivity contribution >= 4 is 31.5 Å². The molecule has 0 atom stereocenters. The molecule has 182 valence electrons. The number of hydrogen-bond acceptors (Lipinski definition) is 8. The van der Waals surface area contributed by atoms with Gasteiger partial charge in [0.05, 0.1) is 24.8 Å². The van der Waals surface area contributed by atoms with Gasteiger partial charge in [-0.2, -0.15) is 0 Å². The molecular formula is C20H25FN8O3S2. The normalized spacial score (nSPS) is 16.1. The average molecular weight is 509 g/mol. The number of azide groups is 1. The minimum Gasteiger partial charge on any atom is -0.496 e. The fourth-order valence-corrected chi connectivity index (χ4v) is 6.43. The number of imidazole rings is 1. The molecule has 1 aliphatic heterocycles. The topological polar surface area (TPSA) is 129 Å².